The number of rotatable bonds is 8. The molecule has 0 saturated heterocycles. The van der Waals surface area contributed by atoms with Gasteiger partial charge in [0.25, 0.3) is 0 Å². The van der Waals surface area contributed by atoms with Crippen molar-refractivity contribution in [3.63, 3.8) is 0 Å². The average molecular weight is 319 g/mol. The molecule has 1 rings (SSSR count). The fourth-order valence-electron chi connectivity index (χ4n) is 2.82. The average Bonchev–Trinajstić information content (AvgIpc) is 2.42. The molecule has 0 fully saturated rings. The molecular weight excluding hydrogens is 286 g/mol. The first kappa shape index (κ1) is 19.5. The van der Waals surface area contributed by atoms with Crippen LogP contribution in [0.15, 0.2) is 18.2 Å². The Kier molecular flexibility index (Phi) is 7.56. The fourth-order valence-corrected chi connectivity index (χ4v) is 2.82. The summed E-state index contributed by atoms with van der Waals surface area (Å²) < 4.78 is 0. The SMILES string of the molecule is CCC(C(=O)Nc1ccc(C)c(N)c1)N(CC(C)C)CC(C)C. The minimum Gasteiger partial charge on any atom is -0.398 e. The molecule has 3 N–H and O–H groups in total. The first-order valence-electron chi connectivity index (χ1n) is 8.65. The lowest BCUT2D eigenvalue weighted by Crippen LogP contribution is -2.46. The summed E-state index contributed by atoms with van der Waals surface area (Å²) >= 11 is 0. The Morgan fingerprint density at radius 2 is 1.74 bits per heavy atom. The van der Waals surface area contributed by atoms with Crippen LogP contribution in [-0.4, -0.2) is 29.9 Å². The van der Waals surface area contributed by atoms with Crippen molar-refractivity contribution >= 4 is 17.3 Å². The van der Waals surface area contributed by atoms with Gasteiger partial charge in [-0.05, 0) is 42.9 Å². The number of nitrogen functional groups attached to an aromatic ring is 1. The van der Waals surface area contributed by atoms with Gasteiger partial charge >= 0.3 is 0 Å². The maximum atomic E-state index is 12.8. The van der Waals surface area contributed by atoms with E-state index in [0.29, 0.717) is 17.5 Å². The zero-order chi connectivity index (χ0) is 17.6. The van der Waals surface area contributed by atoms with Gasteiger partial charge in [-0.1, -0.05) is 40.7 Å². The van der Waals surface area contributed by atoms with Gasteiger partial charge in [0.05, 0.1) is 6.04 Å². The van der Waals surface area contributed by atoms with Gasteiger partial charge in [-0.3, -0.25) is 9.69 Å². The van der Waals surface area contributed by atoms with E-state index in [9.17, 15) is 4.79 Å². The van der Waals surface area contributed by atoms with E-state index in [-0.39, 0.29) is 11.9 Å². The molecule has 0 bridgehead atoms. The summed E-state index contributed by atoms with van der Waals surface area (Å²) in [7, 11) is 0. The molecule has 1 aromatic rings. The van der Waals surface area contributed by atoms with Gasteiger partial charge in [-0.2, -0.15) is 0 Å². The highest BCUT2D eigenvalue weighted by atomic mass is 16.2. The summed E-state index contributed by atoms with van der Waals surface area (Å²) in [4.78, 5) is 15.1. The fraction of sp³-hybridized carbons (Fsp3) is 0.632. The zero-order valence-corrected chi connectivity index (χ0v) is 15.5. The van der Waals surface area contributed by atoms with Crippen LogP contribution in [0.4, 0.5) is 11.4 Å². The molecule has 0 radical (unpaired) electrons. The quantitative estimate of drug-likeness (QED) is 0.714. The molecule has 1 atom stereocenters. The van der Waals surface area contributed by atoms with Crippen molar-refractivity contribution in [3.05, 3.63) is 23.8 Å². The number of carbonyl (C=O) groups is 1. The van der Waals surface area contributed by atoms with E-state index in [1.165, 1.54) is 0 Å². The van der Waals surface area contributed by atoms with Gasteiger partial charge in [0.2, 0.25) is 5.91 Å². The van der Waals surface area contributed by atoms with Crippen LogP contribution < -0.4 is 11.1 Å². The number of hydrogen-bond donors (Lipinski definition) is 2. The Bertz CT molecular complexity index is 501. The van der Waals surface area contributed by atoms with E-state index < -0.39 is 0 Å². The number of amides is 1. The van der Waals surface area contributed by atoms with Crippen molar-refractivity contribution in [3.8, 4) is 0 Å². The van der Waals surface area contributed by atoms with Crippen molar-refractivity contribution in [2.75, 3.05) is 24.1 Å². The summed E-state index contributed by atoms with van der Waals surface area (Å²) in [5.74, 6) is 1.12. The summed E-state index contributed by atoms with van der Waals surface area (Å²) in [6.45, 7) is 14.7. The molecule has 1 aromatic carbocycles. The summed E-state index contributed by atoms with van der Waals surface area (Å²) in [5.41, 5.74) is 8.43. The highest BCUT2D eigenvalue weighted by Crippen LogP contribution is 2.19. The van der Waals surface area contributed by atoms with Crippen LogP contribution >= 0.6 is 0 Å². The minimum absolute atomic E-state index is 0.0528. The minimum atomic E-state index is -0.109. The maximum Gasteiger partial charge on any atom is 0.241 e. The van der Waals surface area contributed by atoms with Crippen LogP contribution in [-0.2, 0) is 4.79 Å². The molecule has 0 aliphatic carbocycles. The number of nitrogens with one attached hydrogen (secondary N) is 1. The largest absolute Gasteiger partial charge is 0.398 e. The Labute approximate surface area is 141 Å². The lowest BCUT2D eigenvalue weighted by molar-refractivity contribution is -0.121. The molecule has 0 aliphatic rings. The Hall–Kier alpha value is -1.55. The van der Waals surface area contributed by atoms with E-state index in [1.54, 1.807) is 0 Å². The molecule has 0 heterocycles. The number of benzene rings is 1. The molecule has 0 spiro atoms. The van der Waals surface area contributed by atoms with Gasteiger partial charge in [0.1, 0.15) is 0 Å². The van der Waals surface area contributed by atoms with Crippen LogP contribution in [0.25, 0.3) is 0 Å². The smallest absolute Gasteiger partial charge is 0.241 e. The van der Waals surface area contributed by atoms with E-state index in [0.717, 1.165) is 30.8 Å². The molecule has 4 heteroatoms. The second-order valence-electron chi connectivity index (χ2n) is 7.23. The zero-order valence-electron chi connectivity index (χ0n) is 15.5. The third-order valence-corrected chi connectivity index (χ3v) is 3.88. The number of carbonyl (C=O) groups excluding carboxylic acids is 1. The molecule has 130 valence electrons. The molecule has 23 heavy (non-hydrogen) atoms. The second-order valence-corrected chi connectivity index (χ2v) is 7.23. The van der Waals surface area contributed by atoms with Crippen molar-refractivity contribution < 1.29 is 4.79 Å². The number of nitrogens with zero attached hydrogens (tertiary/aromatic N) is 1. The topological polar surface area (TPSA) is 58.4 Å². The predicted octanol–water partition coefficient (Wildman–Crippen LogP) is 3.91. The number of anilines is 2. The third kappa shape index (κ3) is 6.22. The van der Waals surface area contributed by atoms with Crippen LogP contribution in [0.5, 0.6) is 0 Å². The first-order chi connectivity index (χ1) is 10.7. The van der Waals surface area contributed by atoms with E-state index in [4.69, 9.17) is 5.73 Å². The predicted molar refractivity (Wildman–Crippen MR) is 99.5 cm³/mol. The lowest BCUT2D eigenvalue weighted by atomic mass is 10.1. The van der Waals surface area contributed by atoms with E-state index >= 15 is 0 Å². The van der Waals surface area contributed by atoms with Crippen LogP contribution in [0.2, 0.25) is 0 Å². The molecular formula is C19H33N3O. The van der Waals surface area contributed by atoms with Crippen LogP contribution in [0, 0.1) is 18.8 Å². The summed E-state index contributed by atoms with van der Waals surface area (Å²) in [6.07, 6.45) is 0.798. The lowest BCUT2D eigenvalue weighted by Gasteiger charge is -2.32. The molecule has 0 aromatic heterocycles. The molecule has 1 unspecified atom stereocenters. The number of aryl methyl sites for hydroxylation is 1. The second kappa shape index (κ2) is 8.92. The molecule has 4 nitrogen and oxygen atoms in total. The van der Waals surface area contributed by atoms with E-state index in [1.807, 2.05) is 25.1 Å². The van der Waals surface area contributed by atoms with Crippen LogP contribution in [0.1, 0.15) is 46.6 Å². The molecule has 0 saturated carbocycles. The monoisotopic (exact) mass is 319 g/mol. The molecule has 0 aliphatic heterocycles. The maximum absolute atomic E-state index is 12.8. The number of nitrogens with two attached hydrogens (primary N) is 1. The summed E-state index contributed by atoms with van der Waals surface area (Å²) in [5, 5.41) is 3.03. The standard InChI is InChI=1S/C19H33N3O/c1-7-18(22(11-13(2)3)12-14(4)5)19(23)21-16-9-8-15(6)17(20)10-16/h8-10,13-14,18H,7,11-12,20H2,1-6H3,(H,21,23). The van der Waals surface area contributed by atoms with Crippen molar-refractivity contribution in [1.82, 2.24) is 4.90 Å². The summed E-state index contributed by atoms with van der Waals surface area (Å²) in [6, 6.07) is 5.56. The number of hydrogen-bond acceptors (Lipinski definition) is 3. The Balaban J connectivity index is 2.87. The van der Waals surface area contributed by atoms with Crippen LogP contribution in [0.3, 0.4) is 0 Å². The van der Waals surface area contributed by atoms with E-state index in [2.05, 4.69) is 44.8 Å². The Morgan fingerprint density at radius 1 is 1.17 bits per heavy atom. The van der Waals surface area contributed by atoms with Gasteiger partial charge in [-0.15, -0.1) is 0 Å². The third-order valence-electron chi connectivity index (χ3n) is 3.88. The van der Waals surface area contributed by atoms with Crippen molar-refractivity contribution in [2.24, 2.45) is 11.8 Å². The van der Waals surface area contributed by atoms with Crippen molar-refractivity contribution in [1.29, 1.82) is 0 Å². The van der Waals surface area contributed by atoms with Gasteiger partial charge in [0, 0.05) is 24.5 Å². The normalized spacial score (nSPS) is 12.9. The van der Waals surface area contributed by atoms with Gasteiger partial charge < -0.3 is 11.1 Å². The Morgan fingerprint density at radius 3 is 2.17 bits per heavy atom. The first-order valence-corrected chi connectivity index (χ1v) is 8.65. The molecule has 1 amide bonds. The highest BCUT2D eigenvalue weighted by Gasteiger charge is 2.25. The van der Waals surface area contributed by atoms with Gasteiger partial charge in [-0.25, -0.2) is 0 Å². The highest BCUT2D eigenvalue weighted by molar-refractivity contribution is 5.95. The van der Waals surface area contributed by atoms with Crippen molar-refractivity contribution in [2.45, 2.75) is 54.0 Å². The van der Waals surface area contributed by atoms with Gasteiger partial charge in [0.15, 0.2) is 0 Å².